The fraction of sp³-hybridized carbons (Fsp3) is 0.188. The summed E-state index contributed by atoms with van der Waals surface area (Å²) in [5.74, 6) is -2.24. The molecule has 2 aromatic carbocycles. The lowest BCUT2D eigenvalue weighted by Crippen LogP contribution is -2.22. The first-order chi connectivity index (χ1) is 11.2. The summed E-state index contributed by atoms with van der Waals surface area (Å²) >= 11 is 0. The maximum atomic E-state index is 13.7. The molecule has 24 heavy (non-hydrogen) atoms. The first-order valence-corrected chi connectivity index (χ1v) is 6.71. The van der Waals surface area contributed by atoms with Crippen molar-refractivity contribution in [3.05, 3.63) is 53.8 Å². The number of rotatable bonds is 5. The van der Waals surface area contributed by atoms with E-state index in [9.17, 15) is 22.4 Å². The second-order valence-corrected chi connectivity index (χ2v) is 4.81. The molecule has 8 heteroatoms. The number of halogens is 4. The van der Waals surface area contributed by atoms with Gasteiger partial charge in [-0.3, -0.25) is 0 Å². The molecule has 1 atom stereocenters. The van der Waals surface area contributed by atoms with Gasteiger partial charge in [0.1, 0.15) is 11.5 Å². The molecule has 0 aliphatic carbocycles. The molecular formula is C16H12F4O4. The maximum Gasteiger partial charge on any atom is 0.416 e. The molecule has 0 radical (unpaired) electrons. The molecule has 0 saturated carbocycles. The van der Waals surface area contributed by atoms with Crippen LogP contribution in [0.2, 0.25) is 0 Å². The third-order valence-electron chi connectivity index (χ3n) is 2.97. The van der Waals surface area contributed by atoms with Crippen molar-refractivity contribution in [2.45, 2.75) is 19.2 Å². The fourth-order valence-electron chi connectivity index (χ4n) is 1.73. The minimum atomic E-state index is -4.64. The summed E-state index contributed by atoms with van der Waals surface area (Å²) in [6, 6.07) is 7.50. The SMILES string of the molecule is CC(Oc1ccc(Oc2ccc(C(F)(F)F)cc2F)cc1)C(=O)O. The molecule has 2 rings (SSSR count). The summed E-state index contributed by atoms with van der Waals surface area (Å²) in [4.78, 5) is 10.7. The highest BCUT2D eigenvalue weighted by Gasteiger charge is 2.31. The molecule has 2 aromatic rings. The lowest BCUT2D eigenvalue weighted by molar-refractivity contribution is -0.144. The second-order valence-electron chi connectivity index (χ2n) is 4.81. The number of ether oxygens (including phenoxy) is 2. The van der Waals surface area contributed by atoms with Gasteiger partial charge in [-0.2, -0.15) is 13.2 Å². The van der Waals surface area contributed by atoms with Crippen LogP contribution in [0.1, 0.15) is 12.5 Å². The molecule has 0 aliphatic heterocycles. The van der Waals surface area contributed by atoms with Gasteiger partial charge in [0.25, 0.3) is 0 Å². The standard InChI is InChI=1S/C16H12F4O4/c1-9(15(21)22)23-11-3-5-12(6-4-11)24-14-7-2-10(8-13(14)17)16(18,19)20/h2-9H,1H3,(H,21,22). The molecule has 0 spiro atoms. The van der Waals surface area contributed by atoms with E-state index in [2.05, 4.69) is 0 Å². The second kappa shape index (κ2) is 6.77. The minimum absolute atomic E-state index is 0.156. The van der Waals surface area contributed by atoms with Crippen LogP contribution in [-0.2, 0) is 11.0 Å². The van der Waals surface area contributed by atoms with E-state index in [1.54, 1.807) is 0 Å². The average molecular weight is 344 g/mol. The Hall–Kier alpha value is -2.77. The predicted octanol–water partition coefficient (Wildman–Crippen LogP) is 4.49. The van der Waals surface area contributed by atoms with Crippen molar-refractivity contribution in [1.29, 1.82) is 0 Å². The number of hydrogen-bond acceptors (Lipinski definition) is 3. The van der Waals surface area contributed by atoms with Crippen molar-refractivity contribution in [1.82, 2.24) is 0 Å². The van der Waals surface area contributed by atoms with Crippen LogP contribution in [-0.4, -0.2) is 17.2 Å². The Labute approximate surface area is 134 Å². The van der Waals surface area contributed by atoms with Crippen LogP contribution >= 0.6 is 0 Å². The fourth-order valence-corrected chi connectivity index (χ4v) is 1.73. The Morgan fingerprint density at radius 2 is 1.67 bits per heavy atom. The van der Waals surface area contributed by atoms with E-state index in [4.69, 9.17) is 14.6 Å². The largest absolute Gasteiger partial charge is 0.479 e. The lowest BCUT2D eigenvalue weighted by atomic mass is 10.2. The van der Waals surface area contributed by atoms with E-state index in [1.165, 1.54) is 31.2 Å². The van der Waals surface area contributed by atoms with Crippen LogP contribution in [0.5, 0.6) is 17.2 Å². The molecule has 1 N–H and O–H groups in total. The van der Waals surface area contributed by atoms with Gasteiger partial charge in [0.05, 0.1) is 5.56 Å². The first-order valence-electron chi connectivity index (χ1n) is 6.71. The normalized spacial score (nSPS) is 12.5. The van der Waals surface area contributed by atoms with Crippen molar-refractivity contribution in [2.75, 3.05) is 0 Å². The zero-order chi connectivity index (χ0) is 17.9. The lowest BCUT2D eigenvalue weighted by Gasteiger charge is -2.12. The van der Waals surface area contributed by atoms with Crippen LogP contribution in [0.15, 0.2) is 42.5 Å². The molecule has 1 unspecified atom stereocenters. The third kappa shape index (κ3) is 4.37. The summed E-state index contributed by atoms with van der Waals surface area (Å²) < 4.78 is 61.4. The number of carbonyl (C=O) groups is 1. The van der Waals surface area contributed by atoms with Crippen molar-refractivity contribution in [2.24, 2.45) is 0 Å². The van der Waals surface area contributed by atoms with Crippen LogP contribution in [0.25, 0.3) is 0 Å². The number of aliphatic carboxylic acids is 1. The molecule has 4 nitrogen and oxygen atoms in total. The smallest absolute Gasteiger partial charge is 0.416 e. The average Bonchev–Trinajstić information content (AvgIpc) is 2.50. The summed E-state index contributed by atoms with van der Waals surface area (Å²) in [7, 11) is 0. The van der Waals surface area contributed by atoms with Gasteiger partial charge in [-0.05, 0) is 49.4 Å². The summed E-state index contributed by atoms with van der Waals surface area (Å²) in [5.41, 5.74) is -1.11. The molecule has 0 saturated heterocycles. The Balaban J connectivity index is 2.10. The molecule has 0 aromatic heterocycles. The van der Waals surface area contributed by atoms with Crippen molar-refractivity contribution in [3.63, 3.8) is 0 Å². The topological polar surface area (TPSA) is 55.8 Å². The third-order valence-corrected chi connectivity index (χ3v) is 2.97. The van der Waals surface area contributed by atoms with E-state index in [0.717, 1.165) is 6.07 Å². The van der Waals surface area contributed by atoms with Crippen LogP contribution in [0, 0.1) is 5.82 Å². The van der Waals surface area contributed by atoms with E-state index in [-0.39, 0.29) is 17.2 Å². The van der Waals surface area contributed by atoms with Gasteiger partial charge in [-0.25, -0.2) is 9.18 Å². The maximum absolute atomic E-state index is 13.7. The molecule has 0 heterocycles. The van der Waals surface area contributed by atoms with Gasteiger partial charge in [-0.15, -0.1) is 0 Å². The number of benzene rings is 2. The molecule has 128 valence electrons. The van der Waals surface area contributed by atoms with Crippen molar-refractivity contribution < 1.29 is 36.9 Å². The van der Waals surface area contributed by atoms with E-state index in [1.807, 2.05) is 0 Å². The highest BCUT2D eigenvalue weighted by Crippen LogP contribution is 2.33. The Bertz CT molecular complexity index is 726. The highest BCUT2D eigenvalue weighted by atomic mass is 19.4. The predicted molar refractivity (Wildman–Crippen MR) is 75.6 cm³/mol. The van der Waals surface area contributed by atoms with Gasteiger partial charge in [0, 0.05) is 0 Å². The van der Waals surface area contributed by atoms with Gasteiger partial charge in [0.2, 0.25) is 0 Å². The number of carboxylic acid groups (broad SMARTS) is 1. The minimum Gasteiger partial charge on any atom is -0.479 e. The molecular weight excluding hydrogens is 332 g/mol. The number of hydrogen-bond donors (Lipinski definition) is 1. The van der Waals surface area contributed by atoms with Crippen LogP contribution < -0.4 is 9.47 Å². The van der Waals surface area contributed by atoms with E-state index < -0.39 is 29.6 Å². The Morgan fingerprint density at radius 1 is 1.08 bits per heavy atom. The van der Waals surface area contributed by atoms with Crippen molar-refractivity contribution in [3.8, 4) is 17.2 Å². The van der Waals surface area contributed by atoms with Crippen LogP contribution in [0.4, 0.5) is 17.6 Å². The number of alkyl halides is 3. The van der Waals surface area contributed by atoms with E-state index in [0.29, 0.717) is 12.1 Å². The van der Waals surface area contributed by atoms with Gasteiger partial charge >= 0.3 is 12.1 Å². The highest BCUT2D eigenvalue weighted by molar-refractivity contribution is 5.72. The quantitative estimate of drug-likeness (QED) is 0.812. The van der Waals surface area contributed by atoms with Gasteiger partial charge < -0.3 is 14.6 Å². The molecule has 0 fully saturated rings. The van der Waals surface area contributed by atoms with Gasteiger partial charge in [-0.1, -0.05) is 0 Å². The van der Waals surface area contributed by atoms with Crippen molar-refractivity contribution >= 4 is 5.97 Å². The first kappa shape index (κ1) is 17.6. The Morgan fingerprint density at radius 3 is 2.17 bits per heavy atom. The number of carboxylic acids is 1. The summed E-state index contributed by atoms with van der Waals surface area (Å²) in [5, 5.41) is 8.73. The Kier molecular flexibility index (Phi) is 4.96. The zero-order valence-corrected chi connectivity index (χ0v) is 12.3. The summed E-state index contributed by atoms with van der Waals surface area (Å²) in [6.07, 6.45) is -5.69. The summed E-state index contributed by atoms with van der Waals surface area (Å²) in [6.45, 7) is 1.35. The zero-order valence-electron chi connectivity index (χ0n) is 12.3. The van der Waals surface area contributed by atoms with Crippen LogP contribution in [0.3, 0.4) is 0 Å². The molecule has 0 aliphatic rings. The van der Waals surface area contributed by atoms with Gasteiger partial charge in [0.15, 0.2) is 17.7 Å². The molecule has 0 amide bonds. The van der Waals surface area contributed by atoms with E-state index >= 15 is 0 Å². The monoisotopic (exact) mass is 344 g/mol. The molecule has 0 bridgehead atoms.